The second-order valence-electron chi connectivity index (χ2n) is 5.48. The van der Waals surface area contributed by atoms with Crippen LogP contribution in [0.5, 0.6) is 0 Å². The molecule has 1 aromatic carbocycles. The van der Waals surface area contributed by atoms with Gasteiger partial charge in [-0.1, -0.05) is 0 Å². The molecule has 114 valence electrons. The molecule has 0 saturated carbocycles. The summed E-state index contributed by atoms with van der Waals surface area (Å²) in [6.07, 6.45) is 3.32. The highest BCUT2D eigenvalue weighted by atomic mass is 19.1. The Morgan fingerprint density at radius 2 is 1.95 bits per heavy atom. The molecule has 0 aliphatic rings. The molecular weight excluding hydrogens is 276 g/mol. The Kier molecular flexibility index (Phi) is 4.39. The number of aromatic nitrogens is 2. The number of halogens is 2. The van der Waals surface area contributed by atoms with Crippen LogP contribution in [0.15, 0.2) is 30.6 Å². The van der Waals surface area contributed by atoms with E-state index in [1.807, 2.05) is 0 Å². The van der Waals surface area contributed by atoms with Gasteiger partial charge >= 0.3 is 0 Å². The molecule has 21 heavy (non-hydrogen) atoms. The lowest BCUT2D eigenvalue weighted by molar-refractivity contribution is 0.0543. The fraction of sp³-hybridized carbons (Fsp3) is 0.400. The first-order chi connectivity index (χ1) is 9.78. The van der Waals surface area contributed by atoms with Crippen molar-refractivity contribution in [2.75, 3.05) is 6.54 Å². The molecule has 0 spiro atoms. The van der Waals surface area contributed by atoms with E-state index >= 15 is 0 Å². The van der Waals surface area contributed by atoms with Gasteiger partial charge in [0.05, 0.1) is 6.20 Å². The summed E-state index contributed by atoms with van der Waals surface area (Å²) < 4.78 is 28.0. The zero-order valence-electron chi connectivity index (χ0n) is 12.3. The van der Waals surface area contributed by atoms with Crippen molar-refractivity contribution in [2.45, 2.75) is 25.5 Å². The van der Waals surface area contributed by atoms with Crippen LogP contribution in [0.1, 0.15) is 31.0 Å². The zero-order chi connectivity index (χ0) is 15.6. The Bertz CT molecular complexity index is 605. The fourth-order valence-corrected chi connectivity index (χ4v) is 2.10. The molecule has 4 nitrogen and oxygen atoms in total. The molecule has 0 saturated heterocycles. The molecule has 2 atom stereocenters. The smallest absolute Gasteiger partial charge is 0.126 e. The van der Waals surface area contributed by atoms with Crippen LogP contribution in [0.25, 0.3) is 0 Å². The SMILES string of the molecule is CC(NCC(C)(O)c1cnn(C)c1)c1cc(F)cc(F)c1. The molecule has 0 bridgehead atoms. The fourth-order valence-electron chi connectivity index (χ4n) is 2.10. The first-order valence-electron chi connectivity index (χ1n) is 6.69. The van der Waals surface area contributed by atoms with Crippen LogP contribution in [-0.2, 0) is 12.6 Å². The number of rotatable bonds is 5. The van der Waals surface area contributed by atoms with Crippen LogP contribution in [0, 0.1) is 11.6 Å². The average molecular weight is 295 g/mol. The van der Waals surface area contributed by atoms with Gasteiger partial charge in [0.25, 0.3) is 0 Å². The van der Waals surface area contributed by atoms with Gasteiger partial charge < -0.3 is 10.4 Å². The molecule has 0 aliphatic heterocycles. The monoisotopic (exact) mass is 295 g/mol. The number of aryl methyl sites for hydroxylation is 1. The number of hydrogen-bond acceptors (Lipinski definition) is 3. The third-order valence-electron chi connectivity index (χ3n) is 3.46. The van der Waals surface area contributed by atoms with E-state index in [-0.39, 0.29) is 12.6 Å². The third-order valence-corrected chi connectivity index (χ3v) is 3.46. The highest BCUT2D eigenvalue weighted by Crippen LogP contribution is 2.21. The van der Waals surface area contributed by atoms with E-state index in [0.29, 0.717) is 11.1 Å². The van der Waals surface area contributed by atoms with Gasteiger partial charge in [-0.25, -0.2) is 8.78 Å². The van der Waals surface area contributed by atoms with Crippen molar-refractivity contribution in [3.05, 3.63) is 53.4 Å². The normalized spacial score (nSPS) is 15.7. The summed E-state index contributed by atoms with van der Waals surface area (Å²) in [7, 11) is 1.77. The van der Waals surface area contributed by atoms with Crippen molar-refractivity contribution < 1.29 is 13.9 Å². The van der Waals surface area contributed by atoms with Crippen LogP contribution < -0.4 is 5.32 Å². The van der Waals surface area contributed by atoms with Gasteiger partial charge in [-0.2, -0.15) is 5.10 Å². The van der Waals surface area contributed by atoms with Crippen molar-refractivity contribution in [1.29, 1.82) is 0 Å². The second-order valence-corrected chi connectivity index (χ2v) is 5.48. The van der Waals surface area contributed by atoms with Gasteiger partial charge in [-0.3, -0.25) is 4.68 Å². The van der Waals surface area contributed by atoms with Crippen molar-refractivity contribution in [3.63, 3.8) is 0 Å². The van der Waals surface area contributed by atoms with Crippen molar-refractivity contribution in [2.24, 2.45) is 7.05 Å². The summed E-state index contributed by atoms with van der Waals surface area (Å²) in [5.74, 6) is -1.23. The standard InChI is InChI=1S/C15H19F2N3O/c1-10(11-4-13(16)6-14(17)5-11)18-9-15(2,21)12-7-19-20(3)8-12/h4-8,10,18,21H,9H2,1-3H3. The number of benzene rings is 1. The minimum absolute atomic E-state index is 0.234. The summed E-state index contributed by atoms with van der Waals surface area (Å²) >= 11 is 0. The maximum Gasteiger partial charge on any atom is 0.126 e. The summed E-state index contributed by atoms with van der Waals surface area (Å²) in [6, 6.07) is 3.10. The molecule has 2 rings (SSSR count). The quantitative estimate of drug-likeness (QED) is 0.889. The molecule has 1 aromatic heterocycles. The van der Waals surface area contributed by atoms with Crippen LogP contribution in [0.3, 0.4) is 0 Å². The van der Waals surface area contributed by atoms with Crippen LogP contribution >= 0.6 is 0 Å². The minimum Gasteiger partial charge on any atom is -0.384 e. The van der Waals surface area contributed by atoms with E-state index in [4.69, 9.17) is 0 Å². The highest BCUT2D eigenvalue weighted by molar-refractivity contribution is 5.21. The maximum absolute atomic E-state index is 13.2. The highest BCUT2D eigenvalue weighted by Gasteiger charge is 2.25. The van der Waals surface area contributed by atoms with Gasteiger partial charge in [0.1, 0.15) is 17.2 Å². The molecular formula is C15H19F2N3O. The Balaban J connectivity index is 2.04. The van der Waals surface area contributed by atoms with E-state index in [1.165, 1.54) is 12.1 Å². The van der Waals surface area contributed by atoms with Crippen LogP contribution in [0.2, 0.25) is 0 Å². The lowest BCUT2D eigenvalue weighted by Gasteiger charge is -2.25. The molecule has 0 amide bonds. The lowest BCUT2D eigenvalue weighted by atomic mass is 9.98. The molecule has 0 radical (unpaired) electrons. The number of aliphatic hydroxyl groups is 1. The summed E-state index contributed by atoms with van der Waals surface area (Å²) in [6.45, 7) is 3.68. The van der Waals surface area contributed by atoms with Crippen molar-refractivity contribution in [3.8, 4) is 0 Å². The Morgan fingerprint density at radius 1 is 1.33 bits per heavy atom. The molecule has 1 heterocycles. The van der Waals surface area contributed by atoms with E-state index in [9.17, 15) is 13.9 Å². The summed E-state index contributed by atoms with van der Waals surface area (Å²) in [5, 5.41) is 17.5. The van der Waals surface area contributed by atoms with Gasteiger partial charge in [0.2, 0.25) is 0 Å². The van der Waals surface area contributed by atoms with Crippen molar-refractivity contribution >= 4 is 0 Å². The number of nitrogens with one attached hydrogen (secondary N) is 1. The number of hydrogen-bond donors (Lipinski definition) is 2. The summed E-state index contributed by atoms with van der Waals surface area (Å²) in [5.41, 5.74) is 0.0543. The molecule has 2 N–H and O–H groups in total. The van der Waals surface area contributed by atoms with Crippen LogP contribution in [-0.4, -0.2) is 21.4 Å². The molecule has 2 aromatic rings. The predicted molar refractivity (Wildman–Crippen MR) is 75.6 cm³/mol. The third kappa shape index (κ3) is 3.86. The maximum atomic E-state index is 13.2. The zero-order valence-corrected chi connectivity index (χ0v) is 12.3. The van der Waals surface area contributed by atoms with E-state index in [0.717, 1.165) is 6.07 Å². The van der Waals surface area contributed by atoms with Crippen molar-refractivity contribution in [1.82, 2.24) is 15.1 Å². The predicted octanol–water partition coefficient (Wildman–Crippen LogP) is 2.26. The first-order valence-corrected chi connectivity index (χ1v) is 6.69. The average Bonchev–Trinajstić information content (AvgIpc) is 2.82. The van der Waals surface area contributed by atoms with E-state index in [1.54, 1.807) is 38.0 Å². The largest absolute Gasteiger partial charge is 0.384 e. The molecule has 2 unspecified atom stereocenters. The van der Waals surface area contributed by atoms with Gasteiger partial charge in [0, 0.05) is 37.5 Å². The Labute approximate surface area is 122 Å². The van der Waals surface area contributed by atoms with Crippen LogP contribution in [0.4, 0.5) is 8.78 Å². The lowest BCUT2D eigenvalue weighted by Crippen LogP contribution is -2.36. The van der Waals surface area contributed by atoms with E-state index in [2.05, 4.69) is 10.4 Å². The van der Waals surface area contributed by atoms with Gasteiger partial charge in [-0.05, 0) is 31.5 Å². The van der Waals surface area contributed by atoms with E-state index < -0.39 is 17.2 Å². The van der Waals surface area contributed by atoms with Gasteiger partial charge in [0.15, 0.2) is 0 Å². The minimum atomic E-state index is -1.12. The van der Waals surface area contributed by atoms with Gasteiger partial charge in [-0.15, -0.1) is 0 Å². The number of nitrogens with zero attached hydrogens (tertiary/aromatic N) is 2. The Morgan fingerprint density at radius 3 is 2.48 bits per heavy atom. The topological polar surface area (TPSA) is 50.1 Å². The molecule has 6 heteroatoms. The second kappa shape index (κ2) is 5.91. The first kappa shape index (κ1) is 15.6. The molecule has 0 aliphatic carbocycles. The molecule has 0 fully saturated rings. The summed E-state index contributed by atoms with van der Waals surface area (Å²) in [4.78, 5) is 0. The Hall–Kier alpha value is -1.79.